The van der Waals surface area contributed by atoms with Crippen LogP contribution in [-0.4, -0.2) is 29.7 Å². The van der Waals surface area contributed by atoms with Crippen LogP contribution in [0.1, 0.15) is 31.4 Å². The maximum Gasteiger partial charge on any atom is 0.104 e. The minimum absolute atomic E-state index is 0.113. The average Bonchev–Trinajstić information content (AvgIpc) is 2.43. The lowest BCUT2D eigenvalue weighted by Crippen LogP contribution is -2.28. The molecule has 1 rings (SSSR count). The van der Waals surface area contributed by atoms with Gasteiger partial charge in [0.15, 0.2) is 0 Å². The molecule has 1 N–H and O–H groups in total. The number of rotatable bonds is 6. The van der Waals surface area contributed by atoms with Crippen molar-refractivity contribution in [2.75, 3.05) is 19.7 Å². The predicted molar refractivity (Wildman–Crippen MR) is 80.8 cm³/mol. The Morgan fingerprint density at radius 2 is 1.95 bits per heavy atom. The van der Waals surface area contributed by atoms with E-state index in [2.05, 4.69) is 48.8 Å². The van der Waals surface area contributed by atoms with Gasteiger partial charge in [0.25, 0.3) is 0 Å². The Balaban J connectivity index is 2.65. The Hall–Kier alpha value is -1.81. The molecule has 0 atom stereocenters. The Morgan fingerprint density at radius 3 is 2.50 bits per heavy atom. The summed E-state index contributed by atoms with van der Waals surface area (Å²) < 4.78 is 0. The second-order valence-corrected chi connectivity index (χ2v) is 5.19. The van der Waals surface area contributed by atoms with Crippen LogP contribution in [0.4, 0.5) is 0 Å². The molecule has 0 aliphatic heterocycles. The third-order valence-electron chi connectivity index (χ3n) is 2.84. The molecule has 0 radical (unpaired) electrons. The van der Waals surface area contributed by atoms with E-state index in [0.29, 0.717) is 12.3 Å². The van der Waals surface area contributed by atoms with Crippen LogP contribution in [0.25, 0.3) is 0 Å². The van der Waals surface area contributed by atoms with Gasteiger partial charge in [0.1, 0.15) is 6.61 Å². The van der Waals surface area contributed by atoms with Crippen molar-refractivity contribution < 1.29 is 5.11 Å². The lowest BCUT2D eigenvalue weighted by molar-refractivity contribution is 0.241. The maximum absolute atomic E-state index is 8.72. The van der Waals surface area contributed by atoms with E-state index in [1.54, 1.807) is 0 Å². The molecule has 3 heteroatoms. The van der Waals surface area contributed by atoms with Gasteiger partial charge in [-0.1, -0.05) is 37.8 Å². The van der Waals surface area contributed by atoms with Crippen LogP contribution < -0.4 is 0 Å². The summed E-state index contributed by atoms with van der Waals surface area (Å²) in [5.74, 6) is 6.11. The molecule has 0 spiro atoms. The standard InChI is InChI=1S/C17H22N2O/c1-15(2)13-19(11-4-10-18)14-17-8-6-16(7-9-17)5-3-12-20/h6-9,15,20H,4,11-14H2,1-2H3. The highest BCUT2D eigenvalue weighted by Crippen LogP contribution is 2.09. The predicted octanol–water partition coefficient (Wildman–Crippen LogP) is 2.40. The molecular weight excluding hydrogens is 248 g/mol. The van der Waals surface area contributed by atoms with E-state index in [9.17, 15) is 0 Å². The average molecular weight is 270 g/mol. The number of aliphatic hydroxyl groups excluding tert-OH is 1. The minimum atomic E-state index is -0.113. The third-order valence-corrected chi connectivity index (χ3v) is 2.84. The summed E-state index contributed by atoms with van der Waals surface area (Å²) in [4.78, 5) is 2.31. The first-order chi connectivity index (χ1) is 9.65. The summed E-state index contributed by atoms with van der Waals surface area (Å²) in [6.07, 6.45) is 0.562. The van der Waals surface area contributed by atoms with E-state index in [4.69, 9.17) is 10.4 Å². The van der Waals surface area contributed by atoms with Crippen LogP contribution in [0, 0.1) is 29.1 Å². The third kappa shape index (κ3) is 6.38. The molecule has 0 heterocycles. The highest BCUT2D eigenvalue weighted by molar-refractivity contribution is 5.36. The molecule has 20 heavy (non-hydrogen) atoms. The van der Waals surface area contributed by atoms with E-state index >= 15 is 0 Å². The van der Waals surface area contributed by atoms with Gasteiger partial charge < -0.3 is 5.11 Å². The molecule has 0 aliphatic carbocycles. The van der Waals surface area contributed by atoms with E-state index in [1.807, 2.05) is 12.1 Å². The number of nitriles is 1. The fourth-order valence-electron chi connectivity index (χ4n) is 2.05. The van der Waals surface area contributed by atoms with Crippen LogP contribution >= 0.6 is 0 Å². The number of hydrogen-bond donors (Lipinski definition) is 1. The zero-order valence-corrected chi connectivity index (χ0v) is 12.3. The molecule has 0 saturated heterocycles. The van der Waals surface area contributed by atoms with Crippen LogP contribution in [-0.2, 0) is 6.54 Å². The summed E-state index contributed by atoms with van der Waals surface area (Å²) in [6.45, 7) is 6.92. The van der Waals surface area contributed by atoms with Crippen molar-refractivity contribution in [3.63, 3.8) is 0 Å². The lowest BCUT2D eigenvalue weighted by atomic mass is 10.1. The second-order valence-electron chi connectivity index (χ2n) is 5.19. The Labute approximate surface area is 121 Å². The molecule has 0 unspecified atom stereocenters. The Morgan fingerprint density at radius 1 is 1.25 bits per heavy atom. The van der Waals surface area contributed by atoms with Crippen molar-refractivity contribution in [1.82, 2.24) is 4.90 Å². The Kier molecular flexibility index (Phi) is 7.43. The summed E-state index contributed by atoms with van der Waals surface area (Å²) in [7, 11) is 0. The molecule has 0 fully saturated rings. The van der Waals surface area contributed by atoms with Crippen molar-refractivity contribution in [2.24, 2.45) is 5.92 Å². The van der Waals surface area contributed by atoms with Gasteiger partial charge in [0, 0.05) is 31.6 Å². The van der Waals surface area contributed by atoms with Gasteiger partial charge in [-0.15, -0.1) is 0 Å². The van der Waals surface area contributed by atoms with Crippen molar-refractivity contribution in [2.45, 2.75) is 26.8 Å². The topological polar surface area (TPSA) is 47.3 Å². The molecule has 0 amide bonds. The molecular formula is C17H22N2O. The number of aliphatic hydroxyl groups is 1. The van der Waals surface area contributed by atoms with Crippen molar-refractivity contribution in [3.8, 4) is 17.9 Å². The SMILES string of the molecule is CC(C)CN(CCC#N)Cc1ccc(C#CCO)cc1. The zero-order chi connectivity index (χ0) is 14.8. The lowest BCUT2D eigenvalue weighted by Gasteiger charge is -2.23. The van der Waals surface area contributed by atoms with Crippen molar-refractivity contribution in [3.05, 3.63) is 35.4 Å². The van der Waals surface area contributed by atoms with Gasteiger partial charge in [-0.2, -0.15) is 5.26 Å². The smallest absolute Gasteiger partial charge is 0.104 e. The van der Waals surface area contributed by atoms with Crippen LogP contribution in [0.2, 0.25) is 0 Å². The highest BCUT2D eigenvalue weighted by atomic mass is 16.2. The summed E-state index contributed by atoms with van der Waals surface area (Å²) in [5.41, 5.74) is 2.13. The van der Waals surface area contributed by atoms with Crippen LogP contribution in [0.3, 0.4) is 0 Å². The van der Waals surface area contributed by atoms with Gasteiger partial charge in [0.2, 0.25) is 0 Å². The van der Waals surface area contributed by atoms with Gasteiger partial charge in [-0.3, -0.25) is 4.90 Å². The van der Waals surface area contributed by atoms with Crippen molar-refractivity contribution >= 4 is 0 Å². The molecule has 0 aromatic heterocycles. The van der Waals surface area contributed by atoms with Gasteiger partial charge in [0.05, 0.1) is 6.07 Å². The van der Waals surface area contributed by atoms with E-state index in [-0.39, 0.29) is 6.61 Å². The number of nitrogens with zero attached hydrogens (tertiary/aromatic N) is 2. The van der Waals surface area contributed by atoms with E-state index in [0.717, 1.165) is 25.2 Å². The largest absolute Gasteiger partial charge is 0.384 e. The first-order valence-corrected chi connectivity index (χ1v) is 6.93. The molecule has 0 bridgehead atoms. The van der Waals surface area contributed by atoms with Gasteiger partial charge in [-0.05, 0) is 23.6 Å². The van der Waals surface area contributed by atoms with Crippen LogP contribution in [0.5, 0.6) is 0 Å². The molecule has 1 aromatic rings. The summed E-state index contributed by atoms with van der Waals surface area (Å²) in [5, 5.41) is 17.4. The van der Waals surface area contributed by atoms with Crippen molar-refractivity contribution in [1.29, 1.82) is 5.26 Å². The normalized spacial score (nSPS) is 10.2. The molecule has 0 saturated carbocycles. The van der Waals surface area contributed by atoms with Gasteiger partial charge in [-0.25, -0.2) is 0 Å². The van der Waals surface area contributed by atoms with Gasteiger partial charge >= 0.3 is 0 Å². The number of hydrogen-bond acceptors (Lipinski definition) is 3. The molecule has 1 aromatic carbocycles. The molecule has 0 aliphatic rings. The van der Waals surface area contributed by atoms with E-state index < -0.39 is 0 Å². The summed E-state index contributed by atoms with van der Waals surface area (Å²) in [6, 6.07) is 10.3. The van der Waals surface area contributed by atoms with E-state index in [1.165, 1.54) is 5.56 Å². The minimum Gasteiger partial charge on any atom is -0.384 e. The fourth-order valence-corrected chi connectivity index (χ4v) is 2.05. The quantitative estimate of drug-likeness (QED) is 0.807. The fraction of sp³-hybridized carbons (Fsp3) is 0.471. The molecule has 3 nitrogen and oxygen atoms in total. The monoisotopic (exact) mass is 270 g/mol. The number of benzene rings is 1. The second kappa shape index (κ2) is 9.15. The first-order valence-electron chi connectivity index (χ1n) is 6.93. The zero-order valence-electron chi connectivity index (χ0n) is 12.3. The maximum atomic E-state index is 8.72. The van der Waals surface area contributed by atoms with Crippen LogP contribution in [0.15, 0.2) is 24.3 Å². The first kappa shape index (κ1) is 16.2. The summed E-state index contributed by atoms with van der Waals surface area (Å²) >= 11 is 0. The Bertz CT molecular complexity index is 488. The highest BCUT2D eigenvalue weighted by Gasteiger charge is 2.07. The molecule has 106 valence electrons.